The molecule has 0 aliphatic carbocycles. The zero-order valence-electron chi connectivity index (χ0n) is 10.8. The van der Waals surface area contributed by atoms with Crippen molar-refractivity contribution in [3.8, 4) is 0 Å². The van der Waals surface area contributed by atoms with Crippen molar-refractivity contribution in [1.82, 2.24) is 0 Å². The first kappa shape index (κ1) is 19.7. The van der Waals surface area contributed by atoms with Gasteiger partial charge in [0.25, 0.3) is 11.4 Å². The molecule has 0 fully saturated rings. The Morgan fingerprint density at radius 3 is 1.48 bits per heavy atom. The molecule has 0 N–H and O–H groups in total. The fraction of sp³-hybridized carbons (Fsp3) is 0. The molecular formula is C12H5Cl5N2O4. The van der Waals surface area contributed by atoms with Crippen LogP contribution in [0.5, 0.6) is 0 Å². The van der Waals surface area contributed by atoms with Gasteiger partial charge in [-0.2, -0.15) is 0 Å². The highest BCUT2D eigenvalue weighted by molar-refractivity contribution is 6.48. The van der Waals surface area contributed by atoms with Gasteiger partial charge in [-0.05, 0) is 6.07 Å². The summed E-state index contributed by atoms with van der Waals surface area (Å²) >= 11 is 27.7. The van der Waals surface area contributed by atoms with E-state index in [1.54, 1.807) is 0 Å². The summed E-state index contributed by atoms with van der Waals surface area (Å²) < 4.78 is 0. The van der Waals surface area contributed by atoms with Crippen LogP contribution in [0.4, 0.5) is 11.4 Å². The van der Waals surface area contributed by atoms with Crippen LogP contribution in [0.3, 0.4) is 0 Å². The quantitative estimate of drug-likeness (QED) is 0.318. The number of halogens is 5. The van der Waals surface area contributed by atoms with Crippen molar-refractivity contribution < 1.29 is 9.85 Å². The molecule has 0 atom stereocenters. The summed E-state index contributed by atoms with van der Waals surface area (Å²) in [5, 5.41) is 21.2. The minimum atomic E-state index is -0.589. The summed E-state index contributed by atoms with van der Waals surface area (Å²) in [5.41, 5.74) is -0.228. The number of benzene rings is 2. The number of rotatable bonds is 2. The topological polar surface area (TPSA) is 86.3 Å². The summed E-state index contributed by atoms with van der Waals surface area (Å²) in [4.78, 5) is 19.3. The van der Waals surface area contributed by atoms with E-state index in [4.69, 9.17) is 58.0 Å². The van der Waals surface area contributed by atoms with Crippen molar-refractivity contribution in [3.63, 3.8) is 0 Å². The van der Waals surface area contributed by atoms with Crippen molar-refractivity contribution in [2.24, 2.45) is 0 Å². The summed E-state index contributed by atoms with van der Waals surface area (Å²) in [7, 11) is 0. The van der Waals surface area contributed by atoms with E-state index in [-0.39, 0.29) is 31.5 Å². The van der Waals surface area contributed by atoms with E-state index < -0.39 is 9.85 Å². The van der Waals surface area contributed by atoms with E-state index in [1.807, 2.05) is 0 Å². The average molecular weight is 418 g/mol. The Labute approximate surface area is 154 Å². The first-order valence-corrected chi connectivity index (χ1v) is 7.40. The lowest BCUT2D eigenvalue weighted by molar-refractivity contribution is -0.385. The number of hydrogen-bond donors (Lipinski definition) is 0. The van der Waals surface area contributed by atoms with Crippen molar-refractivity contribution in [1.29, 1.82) is 0 Å². The number of hydrogen-bond acceptors (Lipinski definition) is 4. The molecule has 2 aromatic carbocycles. The molecule has 0 spiro atoms. The maximum Gasteiger partial charge on any atom is 0.272 e. The highest BCUT2D eigenvalue weighted by Gasteiger charge is 2.12. The third-order valence-electron chi connectivity index (χ3n) is 2.29. The molecule has 0 heterocycles. The van der Waals surface area contributed by atoms with Crippen molar-refractivity contribution in [3.05, 3.63) is 75.7 Å². The molecule has 122 valence electrons. The molecule has 23 heavy (non-hydrogen) atoms. The van der Waals surface area contributed by atoms with Crippen LogP contribution in [0.25, 0.3) is 0 Å². The Hall–Kier alpha value is -1.31. The predicted octanol–water partition coefficient (Wildman–Crippen LogP) is 6.46. The van der Waals surface area contributed by atoms with Gasteiger partial charge in [-0.25, -0.2) is 0 Å². The van der Waals surface area contributed by atoms with Gasteiger partial charge in [-0.1, -0.05) is 58.0 Å². The van der Waals surface area contributed by atoms with Crippen LogP contribution in [-0.4, -0.2) is 9.85 Å². The summed E-state index contributed by atoms with van der Waals surface area (Å²) in [5.74, 6) is 0. The number of non-ortho nitro benzene ring substituents is 2. The Kier molecular flexibility index (Phi) is 7.31. The zero-order chi connectivity index (χ0) is 17.7. The molecule has 11 heteroatoms. The SMILES string of the molecule is O=[N+]([O-])c1cc(Cl)c(Cl)c(Cl)c1.O=[N+]([O-])c1ccc(Cl)c(Cl)c1. The van der Waals surface area contributed by atoms with E-state index >= 15 is 0 Å². The van der Waals surface area contributed by atoms with E-state index in [0.717, 1.165) is 12.1 Å². The van der Waals surface area contributed by atoms with Gasteiger partial charge < -0.3 is 0 Å². The molecule has 0 aliphatic rings. The molecular weight excluding hydrogens is 413 g/mol. The monoisotopic (exact) mass is 416 g/mol. The summed E-state index contributed by atoms with van der Waals surface area (Å²) in [6, 6.07) is 6.20. The first-order chi connectivity index (χ1) is 10.6. The second kappa shape index (κ2) is 8.52. The van der Waals surface area contributed by atoms with Gasteiger partial charge in [0.1, 0.15) is 0 Å². The highest BCUT2D eigenvalue weighted by atomic mass is 35.5. The normalized spacial score (nSPS) is 9.78. The third-order valence-corrected chi connectivity index (χ3v) is 4.23. The fourth-order valence-electron chi connectivity index (χ4n) is 1.25. The largest absolute Gasteiger partial charge is 0.272 e. The van der Waals surface area contributed by atoms with Crippen LogP contribution in [0.15, 0.2) is 30.3 Å². The molecule has 0 aliphatic heterocycles. The van der Waals surface area contributed by atoms with Gasteiger partial charge >= 0.3 is 0 Å². The van der Waals surface area contributed by atoms with Gasteiger partial charge in [0.15, 0.2) is 0 Å². The van der Waals surface area contributed by atoms with E-state index in [1.165, 1.54) is 18.2 Å². The Morgan fingerprint density at radius 1 is 0.652 bits per heavy atom. The van der Waals surface area contributed by atoms with Gasteiger partial charge in [-0.3, -0.25) is 20.2 Å². The molecule has 6 nitrogen and oxygen atoms in total. The minimum Gasteiger partial charge on any atom is -0.258 e. The maximum atomic E-state index is 10.3. The van der Waals surface area contributed by atoms with E-state index in [9.17, 15) is 20.2 Å². The molecule has 0 unspecified atom stereocenters. The smallest absolute Gasteiger partial charge is 0.258 e. The van der Waals surface area contributed by atoms with Crippen LogP contribution in [-0.2, 0) is 0 Å². The Bertz CT molecular complexity index is 746. The Morgan fingerprint density at radius 2 is 1.09 bits per heavy atom. The summed E-state index contributed by atoms with van der Waals surface area (Å²) in [6.45, 7) is 0. The van der Waals surface area contributed by atoms with Gasteiger partial charge in [0.2, 0.25) is 0 Å². The van der Waals surface area contributed by atoms with Crippen molar-refractivity contribution in [2.45, 2.75) is 0 Å². The molecule has 0 saturated heterocycles. The second-order valence-corrected chi connectivity index (χ2v) is 5.84. The van der Waals surface area contributed by atoms with Crippen LogP contribution in [0.1, 0.15) is 0 Å². The van der Waals surface area contributed by atoms with E-state index in [2.05, 4.69) is 0 Å². The fourth-order valence-corrected chi connectivity index (χ4v) is 2.12. The average Bonchev–Trinajstić information content (AvgIpc) is 2.47. The minimum absolute atomic E-state index is 0.0561. The molecule has 0 bridgehead atoms. The number of nitro benzene ring substituents is 2. The van der Waals surface area contributed by atoms with Crippen molar-refractivity contribution in [2.75, 3.05) is 0 Å². The molecule has 0 aromatic heterocycles. The highest BCUT2D eigenvalue weighted by Crippen LogP contribution is 2.33. The number of nitrogens with zero attached hydrogens (tertiary/aromatic N) is 2. The zero-order valence-corrected chi connectivity index (χ0v) is 14.6. The maximum absolute atomic E-state index is 10.3. The predicted molar refractivity (Wildman–Crippen MR) is 91.2 cm³/mol. The van der Waals surface area contributed by atoms with Gasteiger partial charge in [0.05, 0.1) is 35.0 Å². The van der Waals surface area contributed by atoms with Crippen LogP contribution < -0.4 is 0 Å². The summed E-state index contributed by atoms with van der Waals surface area (Å²) in [6.07, 6.45) is 0. The van der Waals surface area contributed by atoms with Gasteiger partial charge in [0, 0.05) is 24.3 Å². The van der Waals surface area contributed by atoms with Crippen LogP contribution in [0.2, 0.25) is 25.1 Å². The van der Waals surface area contributed by atoms with Crippen LogP contribution in [0, 0.1) is 20.2 Å². The molecule has 0 saturated carbocycles. The van der Waals surface area contributed by atoms with Crippen LogP contribution >= 0.6 is 58.0 Å². The molecule has 2 aromatic rings. The van der Waals surface area contributed by atoms with Gasteiger partial charge in [-0.15, -0.1) is 0 Å². The Balaban J connectivity index is 0.000000231. The third kappa shape index (κ3) is 5.67. The lowest BCUT2D eigenvalue weighted by Gasteiger charge is -1.97. The standard InChI is InChI=1S/C6H2Cl3NO2.C6H3Cl2NO2/c7-4-1-3(10(11)12)2-5(8)6(4)9;7-5-2-1-4(9(10)11)3-6(5)8/h1-2H;1-3H. The molecule has 0 amide bonds. The lowest BCUT2D eigenvalue weighted by atomic mass is 10.3. The first-order valence-electron chi connectivity index (χ1n) is 5.52. The van der Waals surface area contributed by atoms with Crippen molar-refractivity contribution >= 4 is 69.4 Å². The van der Waals surface area contributed by atoms with E-state index in [0.29, 0.717) is 5.02 Å². The lowest BCUT2D eigenvalue weighted by Crippen LogP contribution is -1.87. The molecule has 2 rings (SSSR count). The molecule has 0 radical (unpaired) electrons. The second-order valence-electron chi connectivity index (χ2n) is 3.84. The number of nitro groups is 2.